The molecular formula is C61H106O12S. The first kappa shape index (κ1) is 69.3. The van der Waals surface area contributed by atoms with Crippen molar-refractivity contribution >= 4 is 16.4 Å². The second-order valence-electron chi connectivity index (χ2n) is 19.9. The fourth-order valence-corrected chi connectivity index (χ4v) is 9.16. The maximum absolute atomic E-state index is 13.0. The lowest BCUT2D eigenvalue weighted by Crippen LogP contribution is -2.60. The topological polar surface area (TPSA) is 178 Å². The summed E-state index contributed by atoms with van der Waals surface area (Å²) in [6.07, 6.45) is 60.6. The fourth-order valence-electron chi connectivity index (χ4n) is 8.65. The molecule has 1 fully saturated rings. The van der Waals surface area contributed by atoms with Crippen LogP contribution in [-0.2, 0) is 38.3 Å². The molecule has 0 aromatic carbocycles. The van der Waals surface area contributed by atoms with E-state index in [1.54, 1.807) is 0 Å². The molecule has 13 heteroatoms. The molecule has 1 saturated heterocycles. The third-order valence-electron chi connectivity index (χ3n) is 13.0. The zero-order valence-electron chi connectivity index (χ0n) is 46.4. The van der Waals surface area contributed by atoms with E-state index in [-0.39, 0.29) is 19.6 Å². The van der Waals surface area contributed by atoms with Crippen LogP contribution in [0.3, 0.4) is 0 Å². The maximum atomic E-state index is 13.0. The number of hydrogen-bond acceptors (Lipinski definition) is 11. The minimum atomic E-state index is -5.08. The van der Waals surface area contributed by atoms with Crippen molar-refractivity contribution < 1.29 is 56.2 Å². The molecular weight excluding hydrogens is 957 g/mol. The Kier molecular flexibility index (Phi) is 47.8. The highest BCUT2D eigenvalue weighted by Gasteiger charge is 2.48. The Hall–Kier alpha value is -2.72. The molecule has 1 rings (SSSR count). The number of carbonyl (C=O) groups is 1. The van der Waals surface area contributed by atoms with Crippen molar-refractivity contribution in [3.05, 3.63) is 85.1 Å². The van der Waals surface area contributed by atoms with Crippen LogP contribution in [0, 0.1) is 0 Å². The first-order chi connectivity index (χ1) is 36.1. The summed E-state index contributed by atoms with van der Waals surface area (Å²) in [5.74, 6) is -0.413. The Morgan fingerprint density at radius 3 is 1.34 bits per heavy atom. The fraction of sp³-hybridized carbons (Fsp3) is 0.754. The highest BCUT2D eigenvalue weighted by Crippen LogP contribution is 2.26. The first-order valence-corrected chi connectivity index (χ1v) is 30.7. The molecule has 6 unspecified atom stereocenters. The van der Waals surface area contributed by atoms with Gasteiger partial charge in [0.25, 0.3) is 0 Å². The predicted octanol–water partition coefficient (Wildman–Crippen LogP) is 14.8. The van der Waals surface area contributed by atoms with Gasteiger partial charge in [-0.1, -0.05) is 240 Å². The van der Waals surface area contributed by atoms with Crippen molar-refractivity contribution in [1.82, 2.24) is 0 Å². The summed E-state index contributed by atoms with van der Waals surface area (Å²) in [6, 6.07) is 0. The smallest absolute Gasteiger partial charge is 0.397 e. The van der Waals surface area contributed by atoms with E-state index in [9.17, 15) is 33.1 Å². The normalized spacial score (nSPS) is 19.4. The zero-order valence-corrected chi connectivity index (χ0v) is 47.2. The van der Waals surface area contributed by atoms with Gasteiger partial charge in [0.1, 0.15) is 30.5 Å². The lowest BCUT2D eigenvalue weighted by atomic mass is 9.99. The Balaban J connectivity index is 2.34. The Bertz CT molecular complexity index is 1600. The van der Waals surface area contributed by atoms with Crippen LogP contribution in [-0.4, -0.2) is 97.5 Å². The van der Waals surface area contributed by atoms with E-state index >= 15 is 0 Å². The predicted molar refractivity (Wildman–Crippen MR) is 303 cm³/mol. The number of rotatable bonds is 51. The average molecular weight is 1060 g/mol. The van der Waals surface area contributed by atoms with Gasteiger partial charge in [0.05, 0.1) is 19.8 Å². The number of esters is 1. The number of carbonyl (C=O) groups excluding carboxylic acids is 1. The van der Waals surface area contributed by atoms with Gasteiger partial charge >= 0.3 is 16.4 Å². The number of aliphatic hydroxyl groups is 3. The van der Waals surface area contributed by atoms with Crippen LogP contribution in [0.2, 0.25) is 0 Å². The standard InChI is InChI=1S/C61H106O12S/c1-3-5-7-9-11-13-15-17-19-21-23-25-27-29-31-33-35-37-39-41-43-45-47-49-51-69-53-55(54-70-61-59(65)60(73-74(66,67)68)58(64)56(52-62)72-61)71-57(63)50-48-46-44-42-40-38-36-34-32-30-28-26-24-22-20-18-16-14-12-10-8-6-4-2/h5,7,11,13,17,19,23,25,29,31,35,37,41,43,55-56,58-62,64-65H,3-4,6,8-10,12,14-16,18,20-22,24,26-28,30,32-34,36,38-40,42,44-54H2,1-2H3,(H,66,67,68)/b7-5-,13-11-,19-17-,25-23-,31-29-,37-35-,43-41-. The summed E-state index contributed by atoms with van der Waals surface area (Å²) in [6.45, 7) is 3.80. The van der Waals surface area contributed by atoms with Gasteiger partial charge in [-0.05, 0) is 70.6 Å². The second kappa shape index (κ2) is 51.1. The van der Waals surface area contributed by atoms with Gasteiger partial charge < -0.3 is 34.3 Å². The molecule has 0 amide bonds. The van der Waals surface area contributed by atoms with Crippen molar-refractivity contribution in [3.63, 3.8) is 0 Å². The van der Waals surface area contributed by atoms with Gasteiger partial charge in [-0.15, -0.1) is 0 Å². The third kappa shape index (κ3) is 43.4. The monoisotopic (exact) mass is 1060 g/mol. The van der Waals surface area contributed by atoms with E-state index in [1.165, 1.54) is 122 Å². The van der Waals surface area contributed by atoms with E-state index in [4.69, 9.17) is 18.9 Å². The van der Waals surface area contributed by atoms with Gasteiger partial charge in [-0.3, -0.25) is 9.35 Å². The van der Waals surface area contributed by atoms with Gasteiger partial charge in [0.2, 0.25) is 0 Å². The largest absolute Gasteiger partial charge is 0.457 e. The van der Waals surface area contributed by atoms with Crippen LogP contribution in [0.15, 0.2) is 85.1 Å². The number of unbranched alkanes of at least 4 members (excludes halogenated alkanes) is 24. The lowest BCUT2D eigenvalue weighted by molar-refractivity contribution is -0.301. The van der Waals surface area contributed by atoms with Crippen LogP contribution < -0.4 is 0 Å². The Labute approximate surface area is 451 Å². The number of aliphatic hydroxyl groups excluding tert-OH is 3. The van der Waals surface area contributed by atoms with E-state index < -0.39 is 59.8 Å². The quantitative estimate of drug-likeness (QED) is 0.0196. The van der Waals surface area contributed by atoms with E-state index in [0.717, 1.165) is 83.5 Å². The number of ether oxygens (including phenoxy) is 4. The van der Waals surface area contributed by atoms with E-state index in [0.29, 0.717) is 13.0 Å². The van der Waals surface area contributed by atoms with Crippen LogP contribution in [0.4, 0.5) is 0 Å². The molecule has 0 saturated carbocycles. The first-order valence-electron chi connectivity index (χ1n) is 29.3. The molecule has 428 valence electrons. The highest BCUT2D eigenvalue weighted by molar-refractivity contribution is 7.80. The van der Waals surface area contributed by atoms with Gasteiger partial charge in [-0.2, -0.15) is 8.42 Å². The molecule has 0 aliphatic carbocycles. The molecule has 1 heterocycles. The molecule has 0 bridgehead atoms. The van der Waals surface area contributed by atoms with Crippen LogP contribution in [0.5, 0.6) is 0 Å². The molecule has 74 heavy (non-hydrogen) atoms. The summed E-state index contributed by atoms with van der Waals surface area (Å²) in [5, 5.41) is 30.8. The zero-order chi connectivity index (χ0) is 53.8. The Morgan fingerprint density at radius 2 is 0.932 bits per heavy atom. The molecule has 4 N–H and O–H groups in total. The molecule has 0 spiro atoms. The van der Waals surface area contributed by atoms with Crippen LogP contribution >= 0.6 is 0 Å². The summed E-state index contributed by atoms with van der Waals surface area (Å²) < 4.78 is 59.4. The van der Waals surface area contributed by atoms with Crippen molar-refractivity contribution in [2.24, 2.45) is 0 Å². The van der Waals surface area contributed by atoms with Gasteiger partial charge in [0.15, 0.2) is 6.29 Å². The highest BCUT2D eigenvalue weighted by atomic mass is 32.3. The third-order valence-corrected chi connectivity index (χ3v) is 13.5. The lowest BCUT2D eigenvalue weighted by Gasteiger charge is -2.41. The van der Waals surface area contributed by atoms with Crippen molar-refractivity contribution in [2.75, 3.05) is 26.4 Å². The minimum Gasteiger partial charge on any atom is -0.457 e. The molecule has 1 aliphatic rings. The molecule has 0 aromatic heterocycles. The van der Waals surface area contributed by atoms with E-state index in [2.05, 4.69) is 103 Å². The molecule has 6 atom stereocenters. The van der Waals surface area contributed by atoms with Crippen LogP contribution in [0.25, 0.3) is 0 Å². The van der Waals surface area contributed by atoms with Gasteiger partial charge in [0, 0.05) is 13.0 Å². The molecule has 0 radical (unpaired) electrons. The SMILES string of the molecule is CC/C=C\C/C=C\C/C=C\C/C=C\C/C=C\C/C=C\C/C=C\CCCCOCC(COC1OC(CO)C(O)C(OS(=O)(=O)O)C1O)OC(=O)CCCCCCCCCCCCCCCCCCCCCCCCC. The summed E-state index contributed by atoms with van der Waals surface area (Å²) in [4.78, 5) is 13.0. The summed E-state index contributed by atoms with van der Waals surface area (Å²) in [7, 11) is -5.08. The summed E-state index contributed by atoms with van der Waals surface area (Å²) in [5.41, 5.74) is 0. The van der Waals surface area contributed by atoms with Crippen molar-refractivity contribution in [1.29, 1.82) is 0 Å². The Morgan fingerprint density at radius 1 is 0.527 bits per heavy atom. The summed E-state index contributed by atoms with van der Waals surface area (Å²) >= 11 is 0. The number of hydrogen-bond donors (Lipinski definition) is 4. The van der Waals surface area contributed by atoms with E-state index in [1.807, 2.05) is 0 Å². The molecule has 12 nitrogen and oxygen atoms in total. The molecule has 0 aromatic rings. The second-order valence-corrected chi connectivity index (χ2v) is 20.9. The van der Waals surface area contributed by atoms with Gasteiger partial charge in [-0.25, -0.2) is 4.18 Å². The van der Waals surface area contributed by atoms with Crippen molar-refractivity contribution in [2.45, 2.75) is 269 Å². The average Bonchev–Trinajstić information content (AvgIpc) is 3.38. The minimum absolute atomic E-state index is 0.00345. The molecule has 1 aliphatic heterocycles. The van der Waals surface area contributed by atoms with Crippen LogP contribution in [0.1, 0.15) is 232 Å². The maximum Gasteiger partial charge on any atom is 0.397 e. The van der Waals surface area contributed by atoms with Crippen molar-refractivity contribution in [3.8, 4) is 0 Å². The number of allylic oxidation sites excluding steroid dienone is 14.